The zero-order chi connectivity index (χ0) is 25.4. The first-order chi connectivity index (χ1) is 16.8. The molecule has 3 rings (SSSR count). The van der Waals surface area contributed by atoms with Gasteiger partial charge in [-0.2, -0.15) is 0 Å². The number of rotatable bonds is 9. The molecule has 0 aliphatic rings. The summed E-state index contributed by atoms with van der Waals surface area (Å²) in [5.41, 5.74) is 3.67. The number of hydrogen-bond acceptors (Lipinski definition) is 6. The van der Waals surface area contributed by atoms with Crippen LogP contribution in [-0.2, 0) is 19.1 Å². The number of carbonyl (C=O) groups is 3. The Balaban J connectivity index is 1.64. The molecule has 3 aromatic rings. The number of halogens is 1. The molecule has 0 aliphatic carbocycles. The zero-order valence-electron chi connectivity index (χ0n) is 19.7. The smallest absolute Gasteiger partial charge is 0.341 e. The SMILES string of the molecule is CCOC(=O)c1c(-c2ccc(Cl)cc2)csc1NC(=O)COC(=O)C=Cc1ccc(C(C)C)cc1. The van der Waals surface area contributed by atoms with E-state index in [2.05, 4.69) is 19.2 Å². The maximum Gasteiger partial charge on any atom is 0.341 e. The van der Waals surface area contributed by atoms with Crippen LogP contribution in [0.5, 0.6) is 0 Å². The Morgan fingerprint density at radius 2 is 1.71 bits per heavy atom. The van der Waals surface area contributed by atoms with Crippen LogP contribution in [0.25, 0.3) is 17.2 Å². The van der Waals surface area contributed by atoms with Crippen molar-refractivity contribution >= 4 is 51.9 Å². The Kier molecular flexibility index (Phi) is 9.23. The molecular weight excluding hydrogens is 486 g/mol. The van der Waals surface area contributed by atoms with Crippen LogP contribution >= 0.6 is 22.9 Å². The molecule has 1 aromatic heterocycles. The van der Waals surface area contributed by atoms with E-state index in [1.807, 2.05) is 24.3 Å². The van der Waals surface area contributed by atoms with Crippen molar-refractivity contribution in [3.05, 3.63) is 81.7 Å². The fourth-order valence-electron chi connectivity index (χ4n) is 3.20. The summed E-state index contributed by atoms with van der Waals surface area (Å²) in [6.07, 6.45) is 2.90. The highest BCUT2D eigenvalue weighted by atomic mass is 35.5. The topological polar surface area (TPSA) is 81.7 Å². The number of thiophene rings is 1. The summed E-state index contributed by atoms with van der Waals surface area (Å²) < 4.78 is 10.2. The first-order valence-electron chi connectivity index (χ1n) is 11.1. The zero-order valence-corrected chi connectivity index (χ0v) is 21.2. The van der Waals surface area contributed by atoms with Crippen molar-refractivity contribution in [3.63, 3.8) is 0 Å². The number of ether oxygens (including phenoxy) is 2. The van der Waals surface area contributed by atoms with Gasteiger partial charge in [0.1, 0.15) is 10.6 Å². The van der Waals surface area contributed by atoms with Gasteiger partial charge >= 0.3 is 11.9 Å². The van der Waals surface area contributed by atoms with Crippen LogP contribution in [0.4, 0.5) is 5.00 Å². The number of anilines is 1. The van der Waals surface area contributed by atoms with Crippen molar-refractivity contribution in [2.45, 2.75) is 26.7 Å². The molecule has 0 unspecified atom stereocenters. The molecule has 35 heavy (non-hydrogen) atoms. The summed E-state index contributed by atoms with van der Waals surface area (Å²) in [7, 11) is 0. The van der Waals surface area contributed by atoms with Crippen LogP contribution in [-0.4, -0.2) is 31.1 Å². The maximum absolute atomic E-state index is 12.6. The van der Waals surface area contributed by atoms with E-state index in [0.29, 0.717) is 21.5 Å². The number of nitrogens with one attached hydrogen (secondary N) is 1. The molecule has 1 N–H and O–H groups in total. The van der Waals surface area contributed by atoms with Crippen molar-refractivity contribution < 1.29 is 23.9 Å². The summed E-state index contributed by atoms with van der Waals surface area (Å²) in [6, 6.07) is 14.8. The third-order valence-corrected chi connectivity index (χ3v) is 6.19. The van der Waals surface area contributed by atoms with Gasteiger partial charge in [0.2, 0.25) is 0 Å². The molecule has 0 saturated carbocycles. The Morgan fingerprint density at radius 1 is 1.03 bits per heavy atom. The van der Waals surface area contributed by atoms with Crippen LogP contribution in [0.1, 0.15) is 48.2 Å². The number of hydrogen-bond donors (Lipinski definition) is 1. The lowest BCUT2D eigenvalue weighted by molar-refractivity contribution is -0.142. The van der Waals surface area contributed by atoms with Gasteiger partial charge in [-0.05, 0) is 47.7 Å². The number of benzene rings is 2. The van der Waals surface area contributed by atoms with Crippen molar-refractivity contribution in [1.82, 2.24) is 0 Å². The van der Waals surface area contributed by atoms with Gasteiger partial charge in [0, 0.05) is 22.0 Å². The highest BCUT2D eigenvalue weighted by Crippen LogP contribution is 2.36. The molecule has 0 saturated heterocycles. The summed E-state index contributed by atoms with van der Waals surface area (Å²) in [5, 5.41) is 5.29. The van der Waals surface area contributed by atoms with E-state index in [-0.39, 0.29) is 12.2 Å². The first-order valence-corrected chi connectivity index (χ1v) is 12.3. The minimum Gasteiger partial charge on any atom is -0.462 e. The Labute approximate surface area is 213 Å². The number of esters is 2. The monoisotopic (exact) mass is 511 g/mol. The Morgan fingerprint density at radius 3 is 2.34 bits per heavy atom. The molecule has 2 aromatic carbocycles. The Bertz CT molecular complexity index is 1210. The molecule has 0 atom stereocenters. The summed E-state index contributed by atoms with van der Waals surface area (Å²) in [5.74, 6) is -1.35. The standard InChI is InChI=1S/C27H26ClNO5S/c1-4-33-27(32)25-22(20-10-12-21(28)13-11-20)16-35-26(25)29-23(30)15-34-24(31)14-7-18-5-8-19(9-6-18)17(2)3/h5-14,16-17H,4,15H2,1-3H3,(H,29,30). The van der Waals surface area contributed by atoms with Crippen molar-refractivity contribution in [3.8, 4) is 11.1 Å². The summed E-state index contributed by atoms with van der Waals surface area (Å²) in [6.45, 7) is 5.61. The largest absolute Gasteiger partial charge is 0.462 e. The number of amides is 1. The first kappa shape index (κ1) is 26.2. The van der Waals surface area contributed by atoms with E-state index >= 15 is 0 Å². The molecule has 0 spiro atoms. The minimum absolute atomic E-state index is 0.187. The second-order valence-electron chi connectivity index (χ2n) is 7.89. The average molecular weight is 512 g/mol. The van der Waals surface area contributed by atoms with E-state index in [9.17, 15) is 14.4 Å². The third kappa shape index (κ3) is 7.28. The molecule has 1 amide bonds. The van der Waals surface area contributed by atoms with Gasteiger partial charge in [0.05, 0.1) is 6.61 Å². The predicted molar refractivity (Wildman–Crippen MR) is 140 cm³/mol. The van der Waals surface area contributed by atoms with Gasteiger partial charge in [-0.15, -0.1) is 11.3 Å². The quantitative estimate of drug-likeness (QED) is 0.260. The van der Waals surface area contributed by atoms with Crippen LogP contribution in [0, 0.1) is 0 Å². The fourth-order valence-corrected chi connectivity index (χ4v) is 4.30. The molecular formula is C27H26ClNO5S. The highest BCUT2D eigenvalue weighted by Gasteiger charge is 2.23. The molecule has 8 heteroatoms. The second-order valence-corrected chi connectivity index (χ2v) is 9.21. The lowest BCUT2D eigenvalue weighted by atomic mass is 10.0. The Hall–Kier alpha value is -3.42. The fraction of sp³-hybridized carbons (Fsp3) is 0.222. The lowest BCUT2D eigenvalue weighted by Gasteiger charge is -2.09. The molecule has 0 aliphatic heterocycles. The predicted octanol–water partition coefficient (Wildman–Crippen LogP) is 6.56. The van der Waals surface area contributed by atoms with Crippen LogP contribution in [0.3, 0.4) is 0 Å². The van der Waals surface area contributed by atoms with Crippen molar-refractivity contribution in [2.24, 2.45) is 0 Å². The van der Waals surface area contributed by atoms with Gasteiger partial charge in [0.25, 0.3) is 5.91 Å². The highest BCUT2D eigenvalue weighted by molar-refractivity contribution is 7.15. The molecule has 0 fully saturated rings. The van der Waals surface area contributed by atoms with E-state index in [4.69, 9.17) is 21.1 Å². The number of carbonyl (C=O) groups excluding carboxylic acids is 3. The van der Waals surface area contributed by atoms with E-state index in [0.717, 1.165) is 11.1 Å². The van der Waals surface area contributed by atoms with Gasteiger partial charge in [-0.1, -0.05) is 61.8 Å². The van der Waals surface area contributed by atoms with Gasteiger partial charge < -0.3 is 14.8 Å². The van der Waals surface area contributed by atoms with Crippen molar-refractivity contribution in [2.75, 3.05) is 18.5 Å². The molecule has 0 bridgehead atoms. The van der Waals surface area contributed by atoms with Gasteiger partial charge in [0.15, 0.2) is 6.61 Å². The molecule has 1 heterocycles. The third-order valence-electron chi connectivity index (χ3n) is 5.04. The second kappa shape index (κ2) is 12.3. The summed E-state index contributed by atoms with van der Waals surface area (Å²) >= 11 is 7.15. The van der Waals surface area contributed by atoms with Crippen LogP contribution in [0.2, 0.25) is 5.02 Å². The van der Waals surface area contributed by atoms with Gasteiger partial charge in [-0.3, -0.25) is 4.79 Å². The minimum atomic E-state index is -0.647. The maximum atomic E-state index is 12.6. The lowest BCUT2D eigenvalue weighted by Crippen LogP contribution is -2.21. The molecule has 6 nitrogen and oxygen atoms in total. The molecule has 182 valence electrons. The van der Waals surface area contributed by atoms with E-state index < -0.39 is 24.5 Å². The van der Waals surface area contributed by atoms with Gasteiger partial charge in [-0.25, -0.2) is 9.59 Å². The normalized spacial score (nSPS) is 11.0. The molecule has 0 radical (unpaired) electrons. The summed E-state index contributed by atoms with van der Waals surface area (Å²) in [4.78, 5) is 37.1. The van der Waals surface area contributed by atoms with Crippen LogP contribution in [0.15, 0.2) is 60.0 Å². The van der Waals surface area contributed by atoms with Crippen LogP contribution < -0.4 is 5.32 Å². The van der Waals surface area contributed by atoms with E-state index in [1.54, 1.807) is 42.6 Å². The van der Waals surface area contributed by atoms with E-state index in [1.165, 1.54) is 23.0 Å². The van der Waals surface area contributed by atoms with Crippen molar-refractivity contribution in [1.29, 1.82) is 0 Å². The average Bonchev–Trinajstić information content (AvgIpc) is 3.25.